The van der Waals surface area contributed by atoms with E-state index in [0.29, 0.717) is 87.8 Å². The van der Waals surface area contributed by atoms with Crippen LogP contribution in [0.25, 0.3) is 0 Å². The largest absolute Gasteiger partial charge is 0.478 e. The Bertz CT molecular complexity index is 1590. The Balaban J connectivity index is 1.50. The minimum Gasteiger partial charge on any atom is -0.478 e. The molecule has 0 radical (unpaired) electrons. The highest BCUT2D eigenvalue weighted by atomic mass is 16.4. The second kappa shape index (κ2) is 16.3. The molecule has 50 heavy (non-hydrogen) atoms. The van der Waals surface area contributed by atoms with E-state index in [4.69, 9.17) is 5.73 Å². The van der Waals surface area contributed by atoms with Crippen LogP contribution >= 0.6 is 0 Å². The summed E-state index contributed by atoms with van der Waals surface area (Å²) in [6.45, 7) is 5.69. The Morgan fingerprint density at radius 1 is 0.500 bits per heavy atom. The second-order valence-electron chi connectivity index (χ2n) is 11.9. The quantitative estimate of drug-likeness (QED) is 0.229. The van der Waals surface area contributed by atoms with Gasteiger partial charge in [0.2, 0.25) is 5.91 Å². The maximum atomic E-state index is 12.2. The van der Waals surface area contributed by atoms with Gasteiger partial charge in [-0.15, -0.1) is 0 Å². The van der Waals surface area contributed by atoms with Crippen molar-refractivity contribution in [2.24, 2.45) is 5.73 Å². The van der Waals surface area contributed by atoms with Crippen molar-refractivity contribution >= 4 is 46.4 Å². The molecular formula is C35H39N9O6. The van der Waals surface area contributed by atoms with Crippen molar-refractivity contribution in [3.63, 3.8) is 0 Å². The number of carbonyl (C=O) groups is 4. The lowest BCUT2D eigenvalue weighted by molar-refractivity contribution is 0.0685. The molecule has 0 bridgehead atoms. The van der Waals surface area contributed by atoms with Crippen molar-refractivity contribution in [3.05, 3.63) is 96.1 Å². The fourth-order valence-corrected chi connectivity index (χ4v) is 5.83. The summed E-state index contributed by atoms with van der Waals surface area (Å²) in [5.74, 6) is -2.84. The third-order valence-electron chi connectivity index (χ3n) is 8.53. The zero-order chi connectivity index (χ0) is 35.6. The van der Waals surface area contributed by atoms with Gasteiger partial charge < -0.3 is 35.5 Å². The monoisotopic (exact) mass is 681 g/mol. The third-order valence-corrected chi connectivity index (χ3v) is 8.53. The van der Waals surface area contributed by atoms with Crippen LogP contribution in [0.1, 0.15) is 61.2 Å². The van der Waals surface area contributed by atoms with Gasteiger partial charge in [0.15, 0.2) is 5.78 Å². The number of pyridine rings is 4. The van der Waals surface area contributed by atoms with Gasteiger partial charge in [0.25, 0.3) is 0 Å². The summed E-state index contributed by atoms with van der Waals surface area (Å²) in [6.07, 6.45) is 13.5. The van der Waals surface area contributed by atoms with Crippen molar-refractivity contribution in [2.45, 2.75) is 19.8 Å². The SMILES string of the molecule is CC(=O)c1cncc(N2CCCN(c3cncc(C(=O)O)c3)CCN(c3cncc(C(N)=O)c3)CCCN(c3cncc(C(=O)O)c3)CC2)c1. The standard InChI is InChI=1S/C35H39N9O6/c1-24(45)25-12-29(20-37-16-25)41-4-2-6-44(32-15-28(35(49)50)19-40-23-32)11-9-42(30-13-26(33(36)46)17-38-21-30)5-3-7-43(10-8-41)31-14-27(34(47)48)18-39-22-31/h12-23H,2-11H2,1H3,(H2,36,46)(H,47,48)(H,49,50). The Morgan fingerprint density at radius 2 is 0.800 bits per heavy atom. The number of aromatic carboxylic acids is 2. The maximum absolute atomic E-state index is 12.2. The van der Waals surface area contributed by atoms with Crippen molar-refractivity contribution in [1.29, 1.82) is 0 Å². The Labute approximate surface area is 289 Å². The molecule has 1 aliphatic rings. The van der Waals surface area contributed by atoms with Gasteiger partial charge in [-0.3, -0.25) is 29.5 Å². The molecular weight excluding hydrogens is 642 g/mol. The highest BCUT2D eigenvalue weighted by Crippen LogP contribution is 2.23. The summed E-state index contributed by atoms with van der Waals surface area (Å²) in [6, 6.07) is 6.73. The summed E-state index contributed by atoms with van der Waals surface area (Å²) in [5.41, 5.74) is 9.29. The predicted octanol–water partition coefficient (Wildman–Crippen LogP) is 3.08. The molecule has 1 amide bonds. The first-order chi connectivity index (χ1) is 24.1. The van der Waals surface area contributed by atoms with E-state index in [2.05, 4.69) is 39.5 Å². The molecule has 15 nitrogen and oxygen atoms in total. The van der Waals surface area contributed by atoms with Crippen molar-refractivity contribution in [2.75, 3.05) is 72.0 Å². The summed E-state index contributed by atoms with van der Waals surface area (Å²) in [4.78, 5) is 73.2. The smallest absolute Gasteiger partial charge is 0.337 e. The first-order valence-electron chi connectivity index (χ1n) is 16.2. The van der Waals surface area contributed by atoms with Crippen LogP contribution in [-0.2, 0) is 0 Å². The van der Waals surface area contributed by atoms with Crippen LogP contribution in [0.4, 0.5) is 22.7 Å². The number of anilines is 4. The number of nitrogens with two attached hydrogens (primary N) is 1. The first-order valence-corrected chi connectivity index (χ1v) is 16.2. The van der Waals surface area contributed by atoms with Crippen LogP contribution in [0.5, 0.6) is 0 Å². The van der Waals surface area contributed by atoms with E-state index in [1.165, 1.54) is 31.7 Å². The van der Waals surface area contributed by atoms with E-state index in [-0.39, 0.29) is 22.5 Å². The van der Waals surface area contributed by atoms with Gasteiger partial charge in [0.1, 0.15) is 0 Å². The zero-order valence-electron chi connectivity index (χ0n) is 27.7. The number of ketones is 1. The molecule has 0 aromatic carbocycles. The molecule has 1 saturated heterocycles. The Morgan fingerprint density at radius 3 is 1.12 bits per heavy atom. The summed E-state index contributed by atoms with van der Waals surface area (Å²) >= 11 is 0. The highest BCUT2D eigenvalue weighted by molar-refractivity contribution is 5.94. The van der Waals surface area contributed by atoms with Crippen LogP contribution < -0.4 is 25.3 Å². The number of Topliss-reactive ketones (excluding diaryl/α,β-unsaturated/α-hetero) is 1. The Hall–Kier alpha value is -6.12. The molecule has 0 unspecified atom stereocenters. The van der Waals surface area contributed by atoms with Gasteiger partial charge in [0, 0.05) is 82.7 Å². The number of hydrogen-bond donors (Lipinski definition) is 3. The van der Waals surface area contributed by atoms with Crippen molar-refractivity contribution in [1.82, 2.24) is 19.9 Å². The van der Waals surface area contributed by atoms with E-state index in [1.54, 1.807) is 43.0 Å². The van der Waals surface area contributed by atoms with E-state index < -0.39 is 17.8 Å². The summed E-state index contributed by atoms with van der Waals surface area (Å²) < 4.78 is 0. The number of rotatable bonds is 8. The third kappa shape index (κ3) is 9.06. The van der Waals surface area contributed by atoms with Crippen LogP contribution in [0.3, 0.4) is 0 Å². The predicted molar refractivity (Wildman–Crippen MR) is 187 cm³/mol. The molecule has 4 aromatic rings. The maximum Gasteiger partial charge on any atom is 0.337 e. The molecule has 260 valence electrons. The lowest BCUT2D eigenvalue weighted by Crippen LogP contribution is -2.41. The second-order valence-corrected chi connectivity index (χ2v) is 11.9. The molecule has 5 heterocycles. The molecule has 1 aliphatic heterocycles. The molecule has 5 rings (SSSR count). The fourth-order valence-electron chi connectivity index (χ4n) is 5.83. The van der Waals surface area contributed by atoms with Gasteiger partial charge >= 0.3 is 11.9 Å². The van der Waals surface area contributed by atoms with Gasteiger partial charge in [-0.1, -0.05) is 0 Å². The molecule has 4 N–H and O–H groups in total. The topological polar surface area (TPSA) is 199 Å². The number of aromatic nitrogens is 4. The van der Waals surface area contributed by atoms with E-state index in [1.807, 2.05) is 6.07 Å². The summed E-state index contributed by atoms with van der Waals surface area (Å²) in [5, 5.41) is 19.3. The van der Waals surface area contributed by atoms with Gasteiger partial charge in [-0.2, -0.15) is 0 Å². The van der Waals surface area contributed by atoms with Gasteiger partial charge in [-0.25, -0.2) is 9.59 Å². The molecule has 0 atom stereocenters. The number of carbonyl (C=O) groups excluding carboxylic acids is 2. The molecule has 0 spiro atoms. The van der Waals surface area contributed by atoms with Crippen LogP contribution in [0.2, 0.25) is 0 Å². The average molecular weight is 682 g/mol. The summed E-state index contributed by atoms with van der Waals surface area (Å²) in [7, 11) is 0. The molecule has 0 aliphatic carbocycles. The lowest BCUT2D eigenvalue weighted by atomic mass is 10.1. The van der Waals surface area contributed by atoms with Crippen molar-refractivity contribution in [3.8, 4) is 0 Å². The van der Waals surface area contributed by atoms with Crippen LogP contribution in [0.15, 0.2) is 73.8 Å². The number of carboxylic acids is 2. The zero-order valence-corrected chi connectivity index (χ0v) is 27.7. The minimum absolute atomic E-state index is 0.0763. The van der Waals surface area contributed by atoms with Gasteiger partial charge in [-0.05, 0) is 44.0 Å². The number of primary amides is 1. The molecule has 1 fully saturated rings. The van der Waals surface area contributed by atoms with E-state index in [0.717, 1.165) is 5.69 Å². The number of amides is 1. The van der Waals surface area contributed by atoms with Crippen LogP contribution in [0, 0.1) is 0 Å². The van der Waals surface area contributed by atoms with Crippen LogP contribution in [-0.4, -0.2) is 106 Å². The molecule has 15 heteroatoms. The van der Waals surface area contributed by atoms with E-state index >= 15 is 0 Å². The number of carboxylic acid groups (broad SMARTS) is 2. The number of hydrogen-bond acceptors (Lipinski definition) is 12. The minimum atomic E-state index is -1.07. The van der Waals surface area contributed by atoms with Crippen molar-refractivity contribution < 1.29 is 29.4 Å². The first kappa shape index (κ1) is 35.2. The molecule has 0 saturated carbocycles. The average Bonchev–Trinajstić information content (AvgIpc) is 3.12. The molecule has 4 aromatic heterocycles. The normalized spacial score (nSPS) is 14.9. The number of nitrogens with zero attached hydrogens (tertiary/aromatic N) is 8. The highest BCUT2D eigenvalue weighted by Gasteiger charge is 2.19. The van der Waals surface area contributed by atoms with Gasteiger partial charge in [0.05, 0.1) is 64.2 Å². The fraction of sp³-hybridized carbons (Fsp3) is 0.314. The lowest BCUT2D eigenvalue weighted by Gasteiger charge is -2.34. The van der Waals surface area contributed by atoms with E-state index in [9.17, 15) is 29.4 Å². The Kier molecular flexibility index (Phi) is 11.5.